The Labute approximate surface area is 153 Å². The van der Waals surface area contributed by atoms with Gasteiger partial charge in [-0.05, 0) is 18.6 Å². The molecular formula is C19H17N3O5. The largest absolute Gasteiger partial charge is 0.505 e. The van der Waals surface area contributed by atoms with Gasteiger partial charge in [0.1, 0.15) is 6.54 Å². The minimum absolute atomic E-state index is 0.192. The maximum Gasteiger partial charge on any atom is 0.322 e. The predicted octanol–water partition coefficient (Wildman–Crippen LogP) is 1.27. The summed E-state index contributed by atoms with van der Waals surface area (Å²) in [4.78, 5) is 39.5. The lowest BCUT2D eigenvalue weighted by atomic mass is 10.1. The van der Waals surface area contributed by atoms with Crippen LogP contribution in [-0.2, 0) is 11.3 Å². The third-order valence-electron chi connectivity index (χ3n) is 4.10. The Balaban J connectivity index is 2.05. The standard InChI is InChI=1S/C19H17N3O5/c1-11-15-13(17(25)16(21-11)18(26)20-9-14(23)24)7-8-22(19(15)27)10-12-5-3-2-4-6-12/h2-8,25H,9-10H2,1H3,(H,20,26)(H,23,24). The van der Waals surface area contributed by atoms with Crippen molar-refractivity contribution in [2.45, 2.75) is 13.5 Å². The molecule has 3 N–H and O–H groups in total. The van der Waals surface area contributed by atoms with Crippen molar-refractivity contribution in [3.05, 3.63) is 69.9 Å². The summed E-state index contributed by atoms with van der Waals surface area (Å²) >= 11 is 0. The molecule has 0 fully saturated rings. The van der Waals surface area contributed by atoms with Crippen LogP contribution in [0.3, 0.4) is 0 Å². The molecule has 0 aliphatic rings. The van der Waals surface area contributed by atoms with Crippen molar-refractivity contribution < 1.29 is 19.8 Å². The summed E-state index contributed by atoms with van der Waals surface area (Å²) in [5, 5.41) is 21.6. The van der Waals surface area contributed by atoms with Gasteiger partial charge in [0.15, 0.2) is 11.4 Å². The Morgan fingerprint density at radius 3 is 2.56 bits per heavy atom. The lowest BCUT2D eigenvalue weighted by Gasteiger charge is -2.12. The van der Waals surface area contributed by atoms with Crippen molar-refractivity contribution >= 4 is 22.6 Å². The van der Waals surface area contributed by atoms with Gasteiger partial charge >= 0.3 is 5.97 Å². The summed E-state index contributed by atoms with van der Waals surface area (Å²) < 4.78 is 1.50. The van der Waals surface area contributed by atoms with Crippen molar-refractivity contribution in [2.75, 3.05) is 6.54 Å². The second-order valence-electron chi connectivity index (χ2n) is 5.99. The maximum atomic E-state index is 12.8. The molecule has 0 bridgehead atoms. The van der Waals surface area contributed by atoms with Crippen molar-refractivity contribution in [3.8, 4) is 5.75 Å². The van der Waals surface area contributed by atoms with Crippen LogP contribution < -0.4 is 10.9 Å². The Kier molecular flexibility index (Phi) is 4.89. The molecule has 2 heterocycles. The Bertz CT molecular complexity index is 1090. The smallest absolute Gasteiger partial charge is 0.322 e. The first-order chi connectivity index (χ1) is 12.9. The van der Waals surface area contributed by atoms with Gasteiger partial charge in [0.05, 0.1) is 17.6 Å². The highest BCUT2D eigenvalue weighted by molar-refractivity contribution is 6.02. The molecule has 1 aromatic carbocycles. The second-order valence-corrected chi connectivity index (χ2v) is 5.99. The third-order valence-corrected chi connectivity index (χ3v) is 4.10. The lowest BCUT2D eigenvalue weighted by molar-refractivity contribution is -0.135. The van der Waals surface area contributed by atoms with Gasteiger partial charge in [0, 0.05) is 11.6 Å². The summed E-state index contributed by atoms with van der Waals surface area (Å²) in [7, 11) is 0. The highest BCUT2D eigenvalue weighted by Gasteiger charge is 2.20. The summed E-state index contributed by atoms with van der Waals surface area (Å²) in [5.41, 5.74) is 0.560. The number of aliphatic carboxylic acids is 1. The van der Waals surface area contributed by atoms with Crippen LogP contribution in [-0.4, -0.2) is 38.2 Å². The first-order valence-electron chi connectivity index (χ1n) is 8.15. The summed E-state index contributed by atoms with van der Waals surface area (Å²) in [6.45, 7) is 1.32. The van der Waals surface area contributed by atoms with Gasteiger partial charge in [-0.3, -0.25) is 14.4 Å². The van der Waals surface area contributed by atoms with Gasteiger partial charge in [-0.25, -0.2) is 4.98 Å². The first-order valence-corrected chi connectivity index (χ1v) is 8.15. The van der Waals surface area contributed by atoms with Crippen LogP contribution in [0.5, 0.6) is 5.75 Å². The number of nitrogens with zero attached hydrogens (tertiary/aromatic N) is 2. The van der Waals surface area contributed by atoms with Gasteiger partial charge < -0.3 is 20.1 Å². The third kappa shape index (κ3) is 3.64. The molecule has 0 aliphatic carbocycles. The number of carboxylic acids is 1. The molecule has 0 atom stereocenters. The van der Waals surface area contributed by atoms with E-state index < -0.39 is 24.2 Å². The molecule has 3 aromatic rings. The SMILES string of the molecule is Cc1nc(C(=O)NCC(=O)O)c(O)c2ccn(Cc3ccccc3)c(=O)c12. The molecule has 0 unspecified atom stereocenters. The van der Waals surface area contributed by atoms with Crippen LogP contribution in [0.25, 0.3) is 10.8 Å². The number of aryl methyl sites for hydroxylation is 1. The average molecular weight is 367 g/mol. The number of carbonyl (C=O) groups is 2. The minimum atomic E-state index is -1.22. The zero-order valence-electron chi connectivity index (χ0n) is 14.5. The van der Waals surface area contributed by atoms with Crippen molar-refractivity contribution in [2.24, 2.45) is 0 Å². The van der Waals surface area contributed by atoms with Gasteiger partial charge in [-0.1, -0.05) is 30.3 Å². The van der Waals surface area contributed by atoms with Crippen molar-refractivity contribution in [3.63, 3.8) is 0 Å². The zero-order chi connectivity index (χ0) is 19.6. The highest BCUT2D eigenvalue weighted by atomic mass is 16.4. The predicted molar refractivity (Wildman–Crippen MR) is 97.9 cm³/mol. The van der Waals surface area contributed by atoms with Gasteiger partial charge in [-0.2, -0.15) is 0 Å². The van der Waals surface area contributed by atoms with E-state index in [0.29, 0.717) is 6.54 Å². The lowest BCUT2D eigenvalue weighted by Crippen LogP contribution is -2.30. The fraction of sp³-hybridized carbons (Fsp3) is 0.158. The van der Waals surface area contributed by atoms with E-state index in [1.165, 1.54) is 16.8 Å². The highest BCUT2D eigenvalue weighted by Crippen LogP contribution is 2.27. The van der Waals surface area contributed by atoms with Crippen LogP contribution >= 0.6 is 0 Å². The second kappa shape index (κ2) is 7.28. The number of pyridine rings is 2. The van der Waals surface area contributed by atoms with Gasteiger partial charge in [-0.15, -0.1) is 0 Å². The quantitative estimate of drug-likeness (QED) is 0.624. The number of aromatic nitrogens is 2. The number of amides is 1. The number of benzene rings is 1. The Morgan fingerprint density at radius 1 is 1.19 bits per heavy atom. The first kappa shape index (κ1) is 18.1. The van der Waals surface area contributed by atoms with Crippen LogP contribution in [0.15, 0.2) is 47.4 Å². The number of fused-ring (bicyclic) bond motifs is 1. The van der Waals surface area contributed by atoms with E-state index in [-0.39, 0.29) is 27.7 Å². The van der Waals surface area contributed by atoms with Crippen LogP contribution in [0.4, 0.5) is 0 Å². The topological polar surface area (TPSA) is 122 Å². The molecule has 0 saturated carbocycles. The number of rotatable bonds is 5. The fourth-order valence-electron chi connectivity index (χ4n) is 2.83. The fourth-order valence-corrected chi connectivity index (χ4v) is 2.83. The van der Waals surface area contributed by atoms with E-state index >= 15 is 0 Å². The molecule has 138 valence electrons. The molecule has 0 aliphatic heterocycles. The molecule has 27 heavy (non-hydrogen) atoms. The maximum absolute atomic E-state index is 12.8. The molecule has 8 nitrogen and oxygen atoms in total. The number of hydrogen-bond donors (Lipinski definition) is 3. The Morgan fingerprint density at radius 2 is 1.89 bits per heavy atom. The van der Waals surface area contributed by atoms with Crippen LogP contribution in [0, 0.1) is 6.92 Å². The van der Waals surface area contributed by atoms with Crippen molar-refractivity contribution in [1.29, 1.82) is 0 Å². The molecule has 0 radical (unpaired) electrons. The van der Waals surface area contributed by atoms with E-state index in [2.05, 4.69) is 10.3 Å². The summed E-state index contributed by atoms with van der Waals surface area (Å²) in [6.07, 6.45) is 1.54. The van der Waals surface area contributed by atoms with E-state index in [9.17, 15) is 19.5 Å². The van der Waals surface area contributed by atoms with E-state index in [1.54, 1.807) is 6.92 Å². The summed E-state index contributed by atoms with van der Waals surface area (Å²) in [5.74, 6) is -2.50. The minimum Gasteiger partial charge on any atom is -0.505 e. The number of carboxylic acid groups (broad SMARTS) is 1. The number of nitrogens with one attached hydrogen (secondary N) is 1. The Hall–Kier alpha value is -3.68. The number of carbonyl (C=O) groups excluding carboxylic acids is 1. The average Bonchev–Trinajstić information content (AvgIpc) is 2.65. The van der Waals surface area contributed by atoms with E-state index in [0.717, 1.165) is 5.56 Å². The molecule has 8 heteroatoms. The number of hydrogen-bond acceptors (Lipinski definition) is 5. The van der Waals surface area contributed by atoms with Crippen LogP contribution in [0.1, 0.15) is 21.7 Å². The van der Waals surface area contributed by atoms with Crippen molar-refractivity contribution in [1.82, 2.24) is 14.9 Å². The normalized spacial score (nSPS) is 10.7. The van der Waals surface area contributed by atoms with Gasteiger partial charge in [0.25, 0.3) is 11.5 Å². The molecule has 3 rings (SSSR count). The van der Waals surface area contributed by atoms with E-state index in [1.807, 2.05) is 30.3 Å². The van der Waals surface area contributed by atoms with E-state index in [4.69, 9.17) is 5.11 Å². The zero-order valence-corrected chi connectivity index (χ0v) is 14.5. The van der Waals surface area contributed by atoms with Crippen LogP contribution in [0.2, 0.25) is 0 Å². The molecular weight excluding hydrogens is 350 g/mol. The molecule has 1 amide bonds. The molecule has 0 spiro atoms. The monoisotopic (exact) mass is 367 g/mol. The molecule has 0 saturated heterocycles. The van der Waals surface area contributed by atoms with Gasteiger partial charge in [0.2, 0.25) is 0 Å². The number of aromatic hydroxyl groups is 1. The molecule has 2 aromatic heterocycles. The summed E-state index contributed by atoms with van der Waals surface area (Å²) in [6, 6.07) is 11.0.